The molecule has 35 heavy (non-hydrogen) atoms. The first-order valence-electron chi connectivity index (χ1n) is 12.5. The summed E-state index contributed by atoms with van der Waals surface area (Å²) >= 11 is 0. The van der Waals surface area contributed by atoms with Crippen LogP contribution in [0.15, 0.2) is 18.2 Å². The molecule has 0 bridgehead atoms. The molecule has 9 heteroatoms. The molecular formula is C26H39N3O6. The molecule has 0 spiro atoms. The zero-order valence-corrected chi connectivity index (χ0v) is 21.5. The Labute approximate surface area is 208 Å². The van der Waals surface area contributed by atoms with Crippen molar-refractivity contribution in [2.75, 3.05) is 52.4 Å². The van der Waals surface area contributed by atoms with E-state index >= 15 is 0 Å². The van der Waals surface area contributed by atoms with Gasteiger partial charge in [-0.3, -0.25) is 14.4 Å². The highest BCUT2D eigenvalue weighted by Crippen LogP contribution is 2.28. The van der Waals surface area contributed by atoms with Gasteiger partial charge in [0.25, 0.3) is 5.91 Å². The van der Waals surface area contributed by atoms with E-state index in [1.807, 2.05) is 25.7 Å². The van der Waals surface area contributed by atoms with Gasteiger partial charge in [0, 0.05) is 70.5 Å². The van der Waals surface area contributed by atoms with Crippen molar-refractivity contribution in [2.45, 2.75) is 52.2 Å². The van der Waals surface area contributed by atoms with Crippen LogP contribution < -0.4 is 10.1 Å². The van der Waals surface area contributed by atoms with E-state index in [4.69, 9.17) is 14.2 Å². The van der Waals surface area contributed by atoms with Gasteiger partial charge in [-0.05, 0) is 31.9 Å². The van der Waals surface area contributed by atoms with E-state index in [0.29, 0.717) is 62.6 Å². The Morgan fingerprint density at radius 3 is 2.54 bits per heavy atom. The summed E-state index contributed by atoms with van der Waals surface area (Å²) in [4.78, 5) is 42.2. The Balaban J connectivity index is 1.89. The maximum absolute atomic E-state index is 13.3. The van der Waals surface area contributed by atoms with Crippen molar-refractivity contribution in [2.24, 2.45) is 11.8 Å². The number of hydrogen-bond donors (Lipinski definition) is 1. The van der Waals surface area contributed by atoms with Gasteiger partial charge in [-0.1, -0.05) is 13.8 Å². The van der Waals surface area contributed by atoms with Crippen LogP contribution >= 0.6 is 0 Å². The van der Waals surface area contributed by atoms with E-state index < -0.39 is 0 Å². The third kappa shape index (κ3) is 6.73. The SMILES string of the molecule is CCC(=O)N1C[C@@H](C)[C@@H](OC)CN(C)C(=O)c2ccc(NC(=O)C3CCOCC3)cc2OC[C@H]1C. The second-order valence-corrected chi connectivity index (χ2v) is 9.58. The number of methoxy groups -OCH3 is 1. The minimum atomic E-state index is -0.231. The number of rotatable bonds is 4. The van der Waals surface area contributed by atoms with E-state index in [0.717, 1.165) is 0 Å². The Bertz CT molecular complexity index is 901. The van der Waals surface area contributed by atoms with E-state index in [2.05, 4.69) is 5.32 Å². The minimum Gasteiger partial charge on any atom is -0.491 e. The van der Waals surface area contributed by atoms with Gasteiger partial charge in [-0.15, -0.1) is 0 Å². The molecule has 0 aromatic heterocycles. The molecule has 9 nitrogen and oxygen atoms in total. The molecule has 1 N–H and O–H groups in total. The van der Waals surface area contributed by atoms with Crippen LogP contribution in [0.5, 0.6) is 5.75 Å². The van der Waals surface area contributed by atoms with Gasteiger partial charge in [0.05, 0.1) is 17.7 Å². The molecule has 1 saturated heterocycles. The lowest BCUT2D eigenvalue weighted by Gasteiger charge is -2.36. The van der Waals surface area contributed by atoms with Crippen molar-refractivity contribution in [3.05, 3.63) is 23.8 Å². The summed E-state index contributed by atoms with van der Waals surface area (Å²) in [6, 6.07) is 4.90. The fourth-order valence-corrected chi connectivity index (χ4v) is 4.60. The normalized spacial score (nSPS) is 24.6. The molecule has 1 fully saturated rings. The molecule has 0 saturated carbocycles. The molecule has 1 aromatic rings. The molecule has 2 aliphatic rings. The lowest BCUT2D eigenvalue weighted by molar-refractivity contribution is -0.135. The smallest absolute Gasteiger partial charge is 0.257 e. The lowest BCUT2D eigenvalue weighted by atomic mass is 9.99. The number of hydrogen-bond acceptors (Lipinski definition) is 6. The van der Waals surface area contributed by atoms with Crippen LogP contribution in [-0.2, 0) is 19.1 Å². The average molecular weight is 490 g/mol. The van der Waals surface area contributed by atoms with Crippen molar-refractivity contribution in [1.82, 2.24) is 9.80 Å². The van der Waals surface area contributed by atoms with Crippen LogP contribution in [0.3, 0.4) is 0 Å². The van der Waals surface area contributed by atoms with Crippen molar-refractivity contribution in [3.8, 4) is 5.75 Å². The van der Waals surface area contributed by atoms with E-state index in [1.165, 1.54) is 0 Å². The van der Waals surface area contributed by atoms with Crippen LogP contribution in [0.1, 0.15) is 50.4 Å². The Morgan fingerprint density at radius 2 is 1.89 bits per heavy atom. The predicted molar refractivity (Wildman–Crippen MR) is 132 cm³/mol. The Hall–Kier alpha value is -2.65. The standard InChI is InChI=1S/C26H39N3O6/c1-6-24(30)29-14-17(2)23(33-5)15-28(4)26(32)21-8-7-20(13-22(21)35-16-18(29)3)27-25(31)19-9-11-34-12-10-19/h7-8,13,17-19,23H,6,9-12,14-16H2,1-5H3,(H,27,31)/t17-,18-,23+/m1/s1. The summed E-state index contributed by atoms with van der Waals surface area (Å²) in [5, 5.41) is 2.96. The maximum atomic E-state index is 13.3. The monoisotopic (exact) mass is 489 g/mol. The summed E-state index contributed by atoms with van der Waals surface area (Å²) in [5.41, 5.74) is 0.973. The zero-order chi connectivity index (χ0) is 25.5. The largest absolute Gasteiger partial charge is 0.491 e. The molecule has 0 aliphatic carbocycles. The van der Waals surface area contributed by atoms with Gasteiger partial charge in [0.15, 0.2) is 0 Å². The number of nitrogens with one attached hydrogen (secondary N) is 1. The molecule has 3 atom stereocenters. The molecule has 0 unspecified atom stereocenters. The van der Waals surface area contributed by atoms with E-state index in [9.17, 15) is 14.4 Å². The highest BCUT2D eigenvalue weighted by atomic mass is 16.5. The quantitative estimate of drug-likeness (QED) is 0.699. The van der Waals surface area contributed by atoms with E-state index in [-0.39, 0.29) is 48.3 Å². The summed E-state index contributed by atoms with van der Waals surface area (Å²) in [5.74, 6) is 0.1000. The van der Waals surface area contributed by atoms with Crippen LogP contribution in [0, 0.1) is 11.8 Å². The number of nitrogens with zero attached hydrogens (tertiary/aromatic N) is 2. The molecule has 0 radical (unpaired) electrons. The second kappa shape index (κ2) is 12.4. The van der Waals surface area contributed by atoms with Gasteiger partial charge < -0.3 is 29.3 Å². The Morgan fingerprint density at radius 1 is 1.17 bits per heavy atom. The van der Waals surface area contributed by atoms with Crippen molar-refractivity contribution >= 4 is 23.4 Å². The number of ether oxygens (including phenoxy) is 3. The number of fused-ring (bicyclic) bond motifs is 1. The molecule has 2 heterocycles. The molecule has 2 aliphatic heterocycles. The summed E-state index contributed by atoms with van der Waals surface area (Å²) in [7, 11) is 3.36. The fourth-order valence-electron chi connectivity index (χ4n) is 4.60. The number of benzene rings is 1. The van der Waals surface area contributed by atoms with Crippen LogP contribution in [0.2, 0.25) is 0 Å². The topological polar surface area (TPSA) is 97.4 Å². The Kier molecular flexibility index (Phi) is 9.51. The number of carbonyl (C=O) groups excluding carboxylic acids is 3. The fraction of sp³-hybridized carbons (Fsp3) is 0.654. The first kappa shape index (κ1) is 26.9. The van der Waals surface area contributed by atoms with Crippen molar-refractivity contribution in [3.63, 3.8) is 0 Å². The number of anilines is 1. The second-order valence-electron chi connectivity index (χ2n) is 9.58. The van der Waals surface area contributed by atoms with Gasteiger partial charge >= 0.3 is 0 Å². The molecule has 3 rings (SSSR count). The first-order chi connectivity index (χ1) is 16.7. The number of amides is 3. The summed E-state index contributed by atoms with van der Waals surface area (Å²) in [6.45, 7) is 8.08. The summed E-state index contributed by atoms with van der Waals surface area (Å²) < 4.78 is 17.2. The van der Waals surface area contributed by atoms with Gasteiger partial charge in [-0.2, -0.15) is 0 Å². The third-order valence-electron chi connectivity index (χ3n) is 6.93. The van der Waals surface area contributed by atoms with Crippen LogP contribution in [0.25, 0.3) is 0 Å². The minimum absolute atomic E-state index is 0.0230. The zero-order valence-electron chi connectivity index (χ0n) is 21.5. The maximum Gasteiger partial charge on any atom is 0.257 e. The van der Waals surface area contributed by atoms with Crippen molar-refractivity contribution < 1.29 is 28.6 Å². The van der Waals surface area contributed by atoms with Gasteiger partial charge in [0.2, 0.25) is 11.8 Å². The summed E-state index contributed by atoms with van der Waals surface area (Å²) in [6.07, 6.45) is 1.54. The highest BCUT2D eigenvalue weighted by Gasteiger charge is 2.30. The van der Waals surface area contributed by atoms with Gasteiger partial charge in [-0.25, -0.2) is 0 Å². The van der Waals surface area contributed by atoms with Crippen LogP contribution in [-0.4, -0.2) is 86.7 Å². The average Bonchev–Trinajstić information content (AvgIpc) is 2.87. The number of carbonyl (C=O) groups is 3. The van der Waals surface area contributed by atoms with E-state index in [1.54, 1.807) is 37.3 Å². The van der Waals surface area contributed by atoms with Crippen molar-refractivity contribution in [1.29, 1.82) is 0 Å². The molecule has 3 amide bonds. The third-order valence-corrected chi connectivity index (χ3v) is 6.93. The number of likely N-dealkylation sites (N-methyl/N-ethyl adjacent to an activating group) is 1. The highest BCUT2D eigenvalue weighted by molar-refractivity contribution is 5.98. The molecule has 1 aromatic carbocycles. The van der Waals surface area contributed by atoms with Gasteiger partial charge in [0.1, 0.15) is 12.4 Å². The predicted octanol–water partition coefficient (Wildman–Crippen LogP) is 2.79. The first-order valence-corrected chi connectivity index (χ1v) is 12.5. The van der Waals surface area contributed by atoms with Crippen LogP contribution in [0.4, 0.5) is 5.69 Å². The molecular weight excluding hydrogens is 450 g/mol. The lowest BCUT2D eigenvalue weighted by Crippen LogP contribution is -2.48. The molecule has 194 valence electrons.